The van der Waals surface area contributed by atoms with Gasteiger partial charge in [-0.15, -0.1) is 0 Å². The fourth-order valence-corrected chi connectivity index (χ4v) is 2.77. The zero-order chi connectivity index (χ0) is 20.5. The largest absolute Gasteiger partial charge is 0.464 e. The number of nitrogens with zero attached hydrogens (tertiary/aromatic N) is 1. The highest BCUT2D eigenvalue weighted by Gasteiger charge is 2.26. The lowest BCUT2D eigenvalue weighted by atomic mass is 10.1. The van der Waals surface area contributed by atoms with Gasteiger partial charge in [-0.25, -0.2) is 4.79 Å². The molecular formula is C19H24N5O4+. The maximum absolute atomic E-state index is 12.5. The van der Waals surface area contributed by atoms with Gasteiger partial charge in [-0.1, -0.05) is 18.2 Å². The third-order valence-electron chi connectivity index (χ3n) is 4.14. The minimum Gasteiger partial charge on any atom is -0.464 e. The summed E-state index contributed by atoms with van der Waals surface area (Å²) in [5.41, 5.74) is 14.4. The highest BCUT2D eigenvalue weighted by molar-refractivity contribution is 6.25. The van der Waals surface area contributed by atoms with Crippen LogP contribution in [0, 0.1) is 5.53 Å². The van der Waals surface area contributed by atoms with Crippen molar-refractivity contribution in [3.05, 3.63) is 36.0 Å². The molecule has 1 aromatic carbocycles. The van der Waals surface area contributed by atoms with Crippen molar-refractivity contribution >= 4 is 34.8 Å². The molecule has 9 nitrogen and oxygen atoms in total. The number of nitrogens with one attached hydrogen (secondary N) is 3. The molecule has 1 aromatic heterocycles. The summed E-state index contributed by atoms with van der Waals surface area (Å²) in [5, 5.41) is 3.57. The molecule has 5 N–H and O–H groups in total. The maximum atomic E-state index is 12.5. The van der Waals surface area contributed by atoms with Crippen molar-refractivity contribution < 1.29 is 23.9 Å². The van der Waals surface area contributed by atoms with Crippen molar-refractivity contribution in [3.63, 3.8) is 0 Å². The summed E-state index contributed by atoms with van der Waals surface area (Å²) >= 11 is 0. The van der Waals surface area contributed by atoms with Gasteiger partial charge < -0.3 is 20.8 Å². The molecule has 0 saturated carbocycles. The number of carbonyl (C=O) groups is 3. The summed E-state index contributed by atoms with van der Waals surface area (Å²) in [6, 6.07) is 7.76. The molecule has 2 atom stereocenters. The van der Waals surface area contributed by atoms with Crippen LogP contribution in [-0.4, -0.2) is 52.3 Å². The number of H-pyrrole nitrogens is 1. The van der Waals surface area contributed by atoms with E-state index in [9.17, 15) is 14.4 Å². The van der Waals surface area contributed by atoms with E-state index in [1.165, 1.54) is 0 Å². The van der Waals surface area contributed by atoms with Crippen LogP contribution in [0.3, 0.4) is 0 Å². The van der Waals surface area contributed by atoms with Crippen LogP contribution in [0.4, 0.5) is 0 Å². The van der Waals surface area contributed by atoms with Crippen molar-refractivity contribution in [2.75, 3.05) is 6.61 Å². The molecule has 28 heavy (non-hydrogen) atoms. The number of aromatic amines is 1. The van der Waals surface area contributed by atoms with E-state index in [1.807, 2.05) is 30.3 Å². The highest BCUT2D eigenvalue weighted by atomic mass is 16.5. The first kappa shape index (κ1) is 21.0. The summed E-state index contributed by atoms with van der Waals surface area (Å²) in [5.74, 6) is -1.57. The molecule has 148 valence electrons. The standard InChI is InChI=1S/C19H23N5O4/c1-2-28-19(27)17(8-7-14(25)11-22-21)24-18(26)15(20)10-13-9-12-5-3-4-6-16(12)23-13/h3-6,9,11,15,17,21,23H,2,7-8,10,20H2,1H3/p+1/t15-,17-/m0/s1. The lowest BCUT2D eigenvalue weighted by molar-refractivity contribution is -0.148. The van der Waals surface area contributed by atoms with Crippen molar-refractivity contribution in [3.8, 4) is 0 Å². The smallest absolute Gasteiger partial charge is 0.372 e. The summed E-state index contributed by atoms with van der Waals surface area (Å²) in [7, 11) is 0. The zero-order valence-corrected chi connectivity index (χ0v) is 15.6. The summed E-state index contributed by atoms with van der Waals surface area (Å²) < 4.78 is 4.95. The van der Waals surface area contributed by atoms with E-state index < -0.39 is 29.7 Å². The number of para-hydroxylation sites is 1. The van der Waals surface area contributed by atoms with Gasteiger partial charge in [0, 0.05) is 24.1 Å². The number of aromatic nitrogens is 1. The van der Waals surface area contributed by atoms with E-state index in [4.69, 9.17) is 16.0 Å². The zero-order valence-electron chi connectivity index (χ0n) is 15.6. The van der Waals surface area contributed by atoms with Gasteiger partial charge in [-0.05, 0) is 30.9 Å². The van der Waals surface area contributed by atoms with Crippen molar-refractivity contribution in [2.24, 2.45) is 5.73 Å². The Morgan fingerprint density at radius 2 is 2.11 bits per heavy atom. The Hall–Kier alpha value is -3.29. The normalized spacial score (nSPS) is 12.6. The Morgan fingerprint density at radius 1 is 1.36 bits per heavy atom. The number of esters is 1. The van der Waals surface area contributed by atoms with Gasteiger partial charge in [0.1, 0.15) is 6.04 Å². The Balaban J connectivity index is 2.00. The fourth-order valence-electron chi connectivity index (χ4n) is 2.77. The quantitative estimate of drug-likeness (QED) is 0.205. The van der Waals surface area contributed by atoms with Gasteiger partial charge in [0.05, 0.1) is 23.0 Å². The predicted octanol–water partition coefficient (Wildman–Crippen LogP) is 0.745. The number of hydrogen-bond donors (Lipinski definition) is 4. The Kier molecular flexibility index (Phi) is 7.62. The average Bonchev–Trinajstić information content (AvgIpc) is 3.07. The third kappa shape index (κ3) is 5.87. The molecule has 1 heterocycles. The molecule has 0 bridgehead atoms. The van der Waals surface area contributed by atoms with Gasteiger partial charge in [-0.2, -0.15) is 0 Å². The van der Waals surface area contributed by atoms with Crippen molar-refractivity contribution in [2.45, 2.75) is 38.3 Å². The number of amides is 1. The van der Waals surface area contributed by atoms with Gasteiger partial charge in [0.2, 0.25) is 11.7 Å². The molecule has 0 saturated heterocycles. The van der Waals surface area contributed by atoms with Crippen LogP contribution < -0.4 is 11.1 Å². The maximum Gasteiger partial charge on any atom is 0.372 e. The number of fused-ring (bicyclic) bond motifs is 1. The molecule has 2 rings (SSSR count). The first-order valence-corrected chi connectivity index (χ1v) is 8.96. The van der Waals surface area contributed by atoms with Crippen LogP contribution >= 0.6 is 0 Å². The predicted molar refractivity (Wildman–Crippen MR) is 102 cm³/mol. The molecule has 1 amide bonds. The van der Waals surface area contributed by atoms with Crippen LogP contribution in [0.15, 0.2) is 30.3 Å². The Bertz CT molecular complexity index is 868. The van der Waals surface area contributed by atoms with Crippen molar-refractivity contribution in [1.29, 1.82) is 5.53 Å². The van der Waals surface area contributed by atoms with Gasteiger partial charge in [0.25, 0.3) is 0 Å². The number of Topliss-reactive ketones (excluding diaryl/α,β-unsaturated/α-hetero) is 1. The molecule has 0 aliphatic carbocycles. The average molecular weight is 386 g/mol. The van der Waals surface area contributed by atoms with Gasteiger partial charge in [-0.3, -0.25) is 9.59 Å². The molecule has 0 spiro atoms. The summed E-state index contributed by atoms with van der Waals surface area (Å²) in [6.45, 7) is 1.80. The molecule has 0 radical (unpaired) electrons. The minimum atomic E-state index is -0.996. The van der Waals surface area contributed by atoms with Crippen LogP contribution in [0.5, 0.6) is 0 Å². The van der Waals surface area contributed by atoms with Crippen LogP contribution in [0.25, 0.3) is 10.9 Å². The summed E-state index contributed by atoms with van der Waals surface area (Å²) in [6.07, 6.45) is 1.10. The van der Waals surface area contributed by atoms with E-state index in [2.05, 4.69) is 15.1 Å². The topological polar surface area (TPSA) is 152 Å². The van der Waals surface area contributed by atoms with Crippen molar-refractivity contribution in [1.82, 2.24) is 10.3 Å². The lowest BCUT2D eigenvalue weighted by Crippen LogP contribution is -2.49. The number of benzene rings is 1. The number of carbonyl (C=O) groups excluding carboxylic acids is 3. The molecule has 0 aliphatic heterocycles. The van der Waals surface area contributed by atoms with Crippen LogP contribution in [0.2, 0.25) is 0 Å². The monoisotopic (exact) mass is 386 g/mol. The molecule has 0 unspecified atom stereocenters. The van der Waals surface area contributed by atoms with Crippen LogP contribution in [-0.2, 0) is 25.5 Å². The second-order valence-electron chi connectivity index (χ2n) is 6.27. The molecule has 0 aliphatic rings. The molecule has 0 fully saturated rings. The van der Waals surface area contributed by atoms with E-state index in [1.54, 1.807) is 6.92 Å². The number of ether oxygens (including phenoxy) is 1. The fraction of sp³-hybridized carbons (Fsp3) is 0.368. The number of nitrogens with two attached hydrogens (primary N) is 1. The third-order valence-corrected chi connectivity index (χ3v) is 4.14. The van der Waals surface area contributed by atoms with Crippen LogP contribution in [0.1, 0.15) is 25.5 Å². The second kappa shape index (κ2) is 10.1. The van der Waals surface area contributed by atoms with E-state index in [0.29, 0.717) is 0 Å². The lowest BCUT2D eigenvalue weighted by Gasteiger charge is -2.19. The first-order valence-electron chi connectivity index (χ1n) is 8.96. The number of rotatable bonds is 10. The minimum absolute atomic E-state index is 0.0362. The second-order valence-corrected chi connectivity index (χ2v) is 6.27. The van der Waals surface area contributed by atoms with E-state index >= 15 is 0 Å². The molecular weight excluding hydrogens is 362 g/mol. The van der Waals surface area contributed by atoms with E-state index in [-0.39, 0.29) is 25.9 Å². The van der Waals surface area contributed by atoms with Gasteiger partial charge in [0.15, 0.2) is 0 Å². The molecule has 9 heteroatoms. The first-order chi connectivity index (χ1) is 13.4. The molecule has 2 aromatic rings. The number of hydrogen-bond acceptors (Lipinski definition) is 6. The van der Waals surface area contributed by atoms with E-state index in [0.717, 1.165) is 22.8 Å². The summed E-state index contributed by atoms with van der Waals surface area (Å²) in [4.78, 5) is 42.1. The Labute approximate surface area is 161 Å². The van der Waals surface area contributed by atoms with Gasteiger partial charge >= 0.3 is 12.2 Å². The highest BCUT2D eigenvalue weighted by Crippen LogP contribution is 2.15. The SMILES string of the molecule is CCOC(=O)[C@H](CCC(=O)C=[N+]=N)NC(=O)[C@@H](N)Cc1cc2ccccc2[nH]1. The number of ketones is 1. The Morgan fingerprint density at radius 3 is 2.79 bits per heavy atom.